The molecule has 0 spiro atoms. The molecule has 0 amide bonds. The molecule has 8 heteroatoms. The number of aromatic amines is 1. The fourth-order valence-electron chi connectivity index (χ4n) is 3.64. The average molecular weight is 363 g/mol. The molecule has 1 aliphatic rings. The number of benzene rings is 1. The van der Waals surface area contributed by atoms with E-state index >= 15 is 0 Å². The number of nitrogens with zero attached hydrogens (tertiary/aromatic N) is 4. The van der Waals surface area contributed by atoms with Gasteiger partial charge in [-0.25, -0.2) is 0 Å². The number of pyridine rings is 1. The molecule has 4 N–H and O–H groups in total. The standard InChI is InChI=1S/C19H21N7O/c27-15-8-6-13(7-9-15)21-17-2-1-3-18-23-19(25-26(17)18)22-14-5-4-12-11-20-24-16(12)10-14/h1-5,10-11,13,15,21,27H,6-9H2,(H,20,24)(H,22,25)/t13-,15+. The minimum atomic E-state index is -0.159. The van der Waals surface area contributed by atoms with E-state index in [1.807, 2.05) is 40.9 Å². The fourth-order valence-corrected chi connectivity index (χ4v) is 3.64. The second kappa shape index (κ2) is 6.55. The van der Waals surface area contributed by atoms with Gasteiger partial charge in [-0.1, -0.05) is 6.07 Å². The molecule has 27 heavy (non-hydrogen) atoms. The molecule has 1 fully saturated rings. The number of hydrogen-bond donors (Lipinski definition) is 4. The topological polar surface area (TPSA) is 103 Å². The van der Waals surface area contributed by atoms with Crippen LogP contribution in [-0.4, -0.2) is 42.0 Å². The van der Waals surface area contributed by atoms with Gasteiger partial charge in [0, 0.05) is 17.1 Å². The normalized spacial score (nSPS) is 20.2. The molecular formula is C19H21N7O. The first kappa shape index (κ1) is 16.1. The number of fused-ring (bicyclic) bond motifs is 2. The number of anilines is 3. The zero-order valence-electron chi connectivity index (χ0n) is 14.8. The van der Waals surface area contributed by atoms with Gasteiger partial charge in [-0.2, -0.15) is 14.6 Å². The molecule has 3 heterocycles. The smallest absolute Gasteiger partial charge is 0.247 e. The number of hydrogen-bond acceptors (Lipinski definition) is 6. The second-order valence-electron chi connectivity index (χ2n) is 7.06. The van der Waals surface area contributed by atoms with Crippen molar-refractivity contribution in [2.75, 3.05) is 10.6 Å². The quantitative estimate of drug-likeness (QED) is 0.444. The van der Waals surface area contributed by atoms with Gasteiger partial charge in [0.15, 0.2) is 5.65 Å². The molecule has 0 aliphatic heterocycles. The Kier molecular flexibility index (Phi) is 3.90. The van der Waals surface area contributed by atoms with Gasteiger partial charge < -0.3 is 15.7 Å². The van der Waals surface area contributed by atoms with E-state index in [9.17, 15) is 5.11 Å². The Morgan fingerprint density at radius 2 is 2.00 bits per heavy atom. The molecular weight excluding hydrogens is 342 g/mol. The highest BCUT2D eigenvalue weighted by molar-refractivity contribution is 5.82. The Morgan fingerprint density at radius 1 is 1.11 bits per heavy atom. The molecule has 0 bridgehead atoms. The van der Waals surface area contributed by atoms with Gasteiger partial charge in [0.05, 0.1) is 17.8 Å². The van der Waals surface area contributed by atoms with Crippen LogP contribution in [0.5, 0.6) is 0 Å². The monoisotopic (exact) mass is 363 g/mol. The maximum absolute atomic E-state index is 9.69. The van der Waals surface area contributed by atoms with Crippen molar-refractivity contribution in [3.63, 3.8) is 0 Å². The Bertz CT molecular complexity index is 1080. The maximum atomic E-state index is 9.69. The van der Waals surface area contributed by atoms with Crippen molar-refractivity contribution in [3.8, 4) is 0 Å². The fraction of sp³-hybridized carbons (Fsp3) is 0.316. The van der Waals surface area contributed by atoms with E-state index in [1.165, 1.54) is 0 Å². The van der Waals surface area contributed by atoms with Crippen LogP contribution in [0.1, 0.15) is 25.7 Å². The summed E-state index contributed by atoms with van der Waals surface area (Å²) in [5, 5.41) is 29.2. The van der Waals surface area contributed by atoms with Crippen LogP contribution in [0.25, 0.3) is 16.6 Å². The van der Waals surface area contributed by atoms with E-state index in [4.69, 9.17) is 0 Å². The first-order chi connectivity index (χ1) is 13.2. The summed E-state index contributed by atoms with van der Waals surface area (Å²) >= 11 is 0. The third-order valence-corrected chi connectivity index (χ3v) is 5.11. The molecule has 0 unspecified atom stereocenters. The number of aromatic nitrogens is 5. The Morgan fingerprint density at radius 3 is 2.89 bits per heavy atom. The SMILES string of the molecule is O[C@H]1CC[C@@H](Nc2cccc3nc(Nc4ccc5cn[nH]c5c4)nn23)CC1. The molecule has 1 aromatic carbocycles. The second-order valence-corrected chi connectivity index (χ2v) is 7.06. The molecule has 1 aliphatic carbocycles. The summed E-state index contributed by atoms with van der Waals surface area (Å²) in [6, 6.07) is 12.2. The van der Waals surface area contributed by atoms with Crippen LogP contribution in [0.3, 0.4) is 0 Å². The summed E-state index contributed by atoms with van der Waals surface area (Å²) in [5.41, 5.74) is 2.64. The number of aliphatic hydroxyl groups excluding tert-OH is 1. The van der Waals surface area contributed by atoms with Crippen LogP contribution >= 0.6 is 0 Å². The number of rotatable bonds is 4. The van der Waals surface area contributed by atoms with Crippen LogP contribution in [0.4, 0.5) is 17.5 Å². The highest BCUT2D eigenvalue weighted by Gasteiger charge is 2.20. The predicted octanol–water partition coefficient (Wildman–Crippen LogP) is 3.06. The van der Waals surface area contributed by atoms with Gasteiger partial charge in [-0.05, 0) is 56.0 Å². The van der Waals surface area contributed by atoms with Gasteiger partial charge in [0.1, 0.15) is 5.82 Å². The van der Waals surface area contributed by atoms with Crippen LogP contribution in [0.2, 0.25) is 0 Å². The molecule has 8 nitrogen and oxygen atoms in total. The Hall–Kier alpha value is -3.13. The van der Waals surface area contributed by atoms with Crippen LogP contribution in [-0.2, 0) is 0 Å². The minimum Gasteiger partial charge on any atom is -0.393 e. The van der Waals surface area contributed by atoms with Crippen LogP contribution < -0.4 is 10.6 Å². The lowest BCUT2D eigenvalue weighted by Crippen LogP contribution is -2.29. The van der Waals surface area contributed by atoms with Gasteiger partial charge in [0.25, 0.3) is 0 Å². The highest BCUT2D eigenvalue weighted by Crippen LogP contribution is 2.24. The summed E-state index contributed by atoms with van der Waals surface area (Å²) in [6.07, 6.45) is 5.24. The molecule has 4 aromatic rings. The van der Waals surface area contributed by atoms with Gasteiger partial charge in [0.2, 0.25) is 5.95 Å². The van der Waals surface area contributed by atoms with Crippen molar-refractivity contribution in [2.45, 2.75) is 37.8 Å². The van der Waals surface area contributed by atoms with Crippen molar-refractivity contribution in [1.82, 2.24) is 24.8 Å². The van der Waals surface area contributed by atoms with Crippen molar-refractivity contribution in [3.05, 3.63) is 42.6 Å². The van der Waals surface area contributed by atoms with E-state index in [0.717, 1.165) is 53.7 Å². The Balaban J connectivity index is 1.39. The zero-order valence-corrected chi connectivity index (χ0v) is 14.8. The predicted molar refractivity (Wildman–Crippen MR) is 104 cm³/mol. The van der Waals surface area contributed by atoms with E-state index in [0.29, 0.717) is 12.0 Å². The van der Waals surface area contributed by atoms with Crippen LogP contribution in [0.15, 0.2) is 42.6 Å². The van der Waals surface area contributed by atoms with Crippen LogP contribution in [0, 0.1) is 0 Å². The van der Waals surface area contributed by atoms with Gasteiger partial charge >= 0.3 is 0 Å². The van der Waals surface area contributed by atoms with Gasteiger partial charge in [-0.15, -0.1) is 5.10 Å². The third-order valence-electron chi connectivity index (χ3n) is 5.11. The summed E-state index contributed by atoms with van der Waals surface area (Å²) in [4.78, 5) is 4.58. The van der Waals surface area contributed by atoms with Crippen molar-refractivity contribution < 1.29 is 5.11 Å². The van der Waals surface area contributed by atoms with Gasteiger partial charge in [-0.3, -0.25) is 5.10 Å². The lowest BCUT2D eigenvalue weighted by atomic mass is 9.93. The van der Waals surface area contributed by atoms with E-state index in [1.54, 1.807) is 6.20 Å². The lowest BCUT2D eigenvalue weighted by Gasteiger charge is -2.26. The zero-order chi connectivity index (χ0) is 18.2. The van der Waals surface area contributed by atoms with E-state index in [-0.39, 0.29) is 6.10 Å². The molecule has 0 saturated heterocycles. The maximum Gasteiger partial charge on any atom is 0.247 e. The lowest BCUT2D eigenvalue weighted by molar-refractivity contribution is 0.126. The summed E-state index contributed by atoms with van der Waals surface area (Å²) in [6.45, 7) is 0. The molecule has 5 rings (SSSR count). The van der Waals surface area contributed by atoms with E-state index in [2.05, 4.69) is 30.9 Å². The molecule has 1 saturated carbocycles. The largest absolute Gasteiger partial charge is 0.393 e. The summed E-state index contributed by atoms with van der Waals surface area (Å²) in [7, 11) is 0. The molecule has 0 atom stereocenters. The minimum absolute atomic E-state index is 0.159. The Labute approximate surface area is 155 Å². The summed E-state index contributed by atoms with van der Waals surface area (Å²) < 4.78 is 1.82. The van der Waals surface area contributed by atoms with Crippen molar-refractivity contribution in [1.29, 1.82) is 0 Å². The molecule has 0 radical (unpaired) electrons. The highest BCUT2D eigenvalue weighted by atomic mass is 16.3. The van der Waals surface area contributed by atoms with E-state index < -0.39 is 0 Å². The molecule has 138 valence electrons. The average Bonchev–Trinajstić information content (AvgIpc) is 3.30. The summed E-state index contributed by atoms with van der Waals surface area (Å²) in [5.74, 6) is 1.46. The number of H-pyrrole nitrogens is 1. The third kappa shape index (κ3) is 3.19. The van der Waals surface area contributed by atoms with Crippen molar-refractivity contribution in [2.24, 2.45) is 0 Å². The van der Waals surface area contributed by atoms with Crippen molar-refractivity contribution >= 4 is 34.0 Å². The number of aliphatic hydroxyl groups is 1. The first-order valence-corrected chi connectivity index (χ1v) is 9.25. The first-order valence-electron chi connectivity index (χ1n) is 9.25. The molecule has 3 aromatic heterocycles. The number of nitrogens with one attached hydrogen (secondary N) is 3.